The van der Waals surface area contributed by atoms with Crippen molar-refractivity contribution in [3.63, 3.8) is 0 Å². The lowest BCUT2D eigenvalue weighted by Gasteiger charge is -2.76. The molecule has 36 heavy (non-hydrogen) atoms. The summed E-state index contributed by atoms with van der Waals surface area (Å²) in [5, 5.41) is 23.3. The molecule has 4 aliphatic rings. The number of hydrogen-bond acceptors (Lipinski definition) is 8. The van der Waals surface area contributed by atoms with E-state index in [2.05, 4.69) is 20.4 Å². The van der Waals surface area contributed by atoms with Gasteiger partial charge in [0.25, 0.3) is 0 Å². The van der Waals surface area contributed by atoms with Crippen molar-refractivity contribution in [1.29, 1.82) is 0 Å². The fourth-order valence-electron chi connectivity index (χ4n) is 7.67. The van der Waals surface area contributed by atoms with Crippen LogP contribution >= 0.6 is 11.8 Å². The molecule has 2 heterocycles. The number of thioether (sulfide) groups is 1. The number of nitrogens with zero attached hydrogens (tertiary/aromatic N) is 1. The van der Waals surface area contributed by atoms with Gasteiger partial charge in [-0.05, 0) is 73.8 Å². The molecule has 2 N–H and O–H groups in total. The number of cyclic esters (lactones) is 1. The first-order valence-electron chi connectivity index (χ1n) is 12.6. The lowest BCUT2D eigenvalue weighted by atomic mass is 9.38. The summed E-state index contributed by atoms with van der Waals surface area (Å²) in [6, 6.07) is 7.21. The molecule has 1 aromatic carbocycles. The number of hydroxylamine groups is 2. The van der Waals surface area contributed by atoms with Crippen LogP contribution in [0.5, 0.6) is 0 Å². The van der Waals surface area contributed by atoms with Gasteiger partial charge < -0.3 is 19.8 Å². The van der Waals surface area contributed by atoms with E-state index >= 15 is 0 Å². The van der Waals surface area contributed by atoms with Crippen molar-refractivity contribution in [1.82, 2.24) is 5.06 Å². The molecule has 6 atom stereocenters. The standard InChI is InChI=1S/C28H35NO6S/c1-17-9-13-28-26(2,12-10-23(30)27(28,3)16-29(28)33)21(17)15-22(20-11-14-35-25(20)32)36-19-7-5-18(6-8-19)24(31)34-4/h5-8,11,21-23,30,33H,1,9-10,12-16H2,2-4H3/t21-,22?,23-,26+,27-,28-/m1/s1. The number of hydrogen-bond donors (Lipinski definition) is 2. The van der Waals surface area contributed by atoms with Gasteiger partial charge in [-0.2, -0.15) is 5.06 Å². The first-order chi connectivity index (χ1) is 17.1. The summed E-state index contributed by atoms with van der Waals surface area (Å²) in [4.78, 5) is 25.5. The zero-order chi connectivity index (χ0) is 25.9. The van der Waals surface area contributed by atoms with Crippen LogP contribution in [-0.4, -0.2) is 64.5 Å². The van der Waals surface area contributed by atoms with Crippen molar-refractivity contribution in [2.75, 3.05) is 20.3 Å². The van der Waals surface area contributed by atoms with Crippen LogP contribution < -0.4 is 0 Å². The van der Waals surface area contributed by atoms with Crippen LogP contribution in [-0.2, 0) is 14.3 Å². The van der Waals surface area contributed by atoms with Gasteiger partial charge in [0.1, 0.15) is 6.61 Å². The van der Waals surface area contributed by atoms with Gasteiger partial charge in [-0.15, -0.1) is 11.8 Å². The molecule has 194 valence electrons. The van der Waals surface area contributed by atoms with Gasteiger partial charge in [-0.3, -0.25) is 0 Å². The van der Waals surface area contributed by atoms with E-state index in [1.165, 1.54) is 12.2 Å². The topological polar surface area (TPSA) is 96.3 Å². The fraction of sp³-hybridized carbons (Fsp3) is 0.571. The molecule has 1 aromatic rings. The summed E-state index contributed by atoms with van der Waals surface area (Å²) < 4.78 is 10.1. The molecule has 3 fully saturated rings. The minimum Gasteiger partial charge on any atom is -0.465 e. The zero-order valence-corrected chi connectivity index (χ0v) is 22.0. The zero-order valence-electron chi connectivity index (χ0n) is 21.2. The van der Waals surface area contributed by atoms with Gasteiger partial charge in [-0.25, -0.2) is 9.59 Å². The maximum absolute atomic E-state index is 12.7. The predicted molar refractivity (Wildman–Crippen MR) is 136 cm³/mol. The highest BCUT2D eigenvalue weighted by molar-refractivity contribution is 8.00. The third-order valence-corrected chi connectivity index (χ3v) is 10.9. The number of allylic oxidation sites excluding steroid dienone is 1. The Labute approximate surface area is 216 Å². The second kappa shape index (κ2) is 9.01. The Morgan fingerprint density at radius 2 is 2.00 bits per heavy atom. The Morgan fingerprint density at radius 1 is 1.28 bits per heavy atom. The lowest BCUT2D eigenvalue weighted by molar-refractivity contribution is -0.390. The molecule has 7 nitrogen and oxygen atoms in total. The number of benzene rings is 1. The first kappa shape index (κ1) is 25.5. The van der Waals surface area contributed by atoms with Crippen molar-refractivity contribution in [2.24, 2.45) is 16.7 Å². The Morgan fingerprint density at radius 3 is 2.61 bits per heavy atom. The minimum atomic E-state index is -0.522. The number of ether oxygens (including phenoxy) is 2. The van der Waals surface area contributed by atoms with Crippen molar-refractivity contribution in [3.8, 4) is 0 Å². The molecule has 5 rings (SSSR count). The van der Waals surface area contributed by atoms with Crippen LogP contribution in [0.2, 0.25) is 0 Å². The number of rotatable bonds is 6. The Kier molecular flexibility index (Phi) is 6.39. The summed E-state index contributed by atoms with van der Waals surface area (Å²) in [7, 11) is 1.36. The summed E-state index contributed by atoms with van der Waals surface area (Å²) >= 11 is 1.58. The molecular formula is C28H35NO6S. The summed E-state index contributed by atoms with van der Waals surface area (Å²) in [6.07, 6.45) is 5.08. The molecule has 1 saturated heterocycles. The molecule has 1 spiro atoms. The minimum absolute atomic E-state index is 0.0502. The fourth-order valence-corrected chi connectivity index (χ4v) is 8.90. The number of carbonyl (C=O) groups is 2. The highest BCUT2D eigenvalue weighted by Crippen LogP contribution is 2.71. The van der Waals surface area contributed by atoms with E-state index in [0.29, 0.717) is 30.5 Å². The number of aliphatic hydroxyl groups is 1. The number of methoxy groups -OCH3 is 1. The first-order valence-corrected chi connectivity index (χ1v) is 13.5. The normalized spacial score (nSPS) is 36.8. The van der Waals surface area contributed by atoms with E-state index < -0.39 is 17.6 Å². The largest absolute Gasteiger partial charge is 0.465 e. The molecule has 2 aliphatic heterocycles. The molecule has 0 radical (unpaired) electrons. The molecule has 0 aromatic heterocycles. The van der Waals surface area contributed by atoms with E-state index in [1.807, 2.05) is 18.2 Å². The van der Waals surface area contributed by atoms with Gasteiger partial charge in [-0.1, -0.05) is 26.0 Å². The average Bonchev–Trinajstić information content (AvgIpc) is 3.29. The summed E-state index contributed by atoms with van der Waals surface area (Å²) in [6.45, 7) is 9.55. The number of aliphatic hydroxyl groups excluding tert-OH is 1. The van der Waals surface area contributed by atoms with Gasteiger partial charge >= 0.3 is 11.9 Å². The van der Waals surface area contributed by atoms with Crippen LogP contribution in [0.15, 0.2) is 53.0 Å². The third kappa shape index (κ3) is 3.52. The van der Waals surface area contributed by atoms with Gasteiger partial charge in [0.15, 0.2) is 0 Å². The highest BCUT2D eigenvalue weighted by Gasteiger charge is 2.76. The molecule has 1 unspecified atom stereocenters. The SMILES string of the molecule is C=C1CC[C@]23N(O)C[C@]2(C)[C@H](O)CC[C@@]3(C)[C@@H]1CC(Sc1ccc(C(=O)OC)cc1)C1=CCOC1=O. The molecule has 2 saturated carbocycles. The summed E-state index contributed by atoms with van der Waals surface area (Å²) in [5.74, 6) is -0.635. The smallest absolute Gasteiger partial charge is 0.337 e. The lowest BCUT2D eigenvalue weighted by Crippen LogP contribution is -2.84. The van der Waals surface area contributed by atoms with Crippen molar-refractivity contribution in [3.05, 3.63) is 53.6 Å². The highest BCUT2D eigenvalue weighted by atomic mass is 32.2. The monoisotopic (exact) mass is 513 g/mol. The van der Waals surface area contributed by atoms with Crippen LogP contribution in [0.25, 0.3) is 0 Å². The maximum Gasteiger partial charge on any atom is 0.337 e. The molecule has 8 heteroatoms. The van der Waals surface area contributed by atoms with Crippen LogP contribution in [0, 0.1) is 16.7 Å². The molecule has 0 amide bonds. The van der Waals surface area contributed by atoms with E-state index in [0.717, 1.165) is 29.7 Å². The van der Waals surface area contributed by atoms with E-state index in [-0.39, 0.29) is 34.6 Å². The molecule has 2 aliphatic carbocycles. The van der Waals surface area contributed by atoms with Crippen LogP contribution in [0.1, 0.15) is 56.3 Å². The van der Waals surface area contributed by atoms with Crippen molar-refractivity contribution >= 4 is 23.7 Å². The Balaban J connectivity index is 1.47. The van der Waals surface area contributed by atoms with Crippen LogP contribution in [0.3, 0.4) is 0 Å². The van der Waals surface area contributed by atoms with E-state index in [9.17, 15) is 19.9 Å². The van der Waals surface area contributed by atoms with E-state index in [1.54, 1.807) is 23.9 Å². The summed E-state index contributed by atoms with van der Waals surface area (Å²) in [5.41, 5.74) is 1.06. The predicted octanol–water partition coefficient (Wildman–Crippen LogP) is 4.38. The van der Waals surface area contributed by atoms with Crippen molar-refractivity contribution in [2.45, 2.75) is 67.7 Å². The van der Waals surface area contributed by atoms with Crippen LogP contribution in [0.4, 0.5) is 0 Å². The molecule has 0 bridgehead atoms. The van der Waals surface area contributed by atoms with Gasteiger partial charge in [0.2, 0.25) is 0 Å². The van der Waals surface area contributed by atoms with Crippen molar-refractivity contribution < 1.29 is 29.4 Å². The van der Waals surface area contributed by atoms with Gasteiger partial charge in [0.05, 0.1) is 24.3 Å². The second-order valence-corrected chi connectivity index (χ2v) is 12.4. The number of carbonyl (C=O) groups excluding carboxylic acids is 2. The van der Waals surface area contributed by atoms with Gasteiger partial charge in [0, 0.05) is 27.7 Å². The average molecular weight is 514 g/mol. The number of esters is 2. The Hall–Kier alpha value is -2.13. The van der Waals surface area contributed by atoms with E-state index in [4.69, 9.17) is 9.47 Å². The Bertz CT molecular complexity index is 1120. The molecular weight excluding hydrogens is 478 g/mol. The quantitative estimate of drug-likeness (QED) is 0.329. The maximum atomic E-state index is 12.7. The second-order valence-electron chi connectivity index (χ2n) is 11.1. The third-order valence-electron chi connectivity index (χ3n) is 9.65.